The van der Waals surface area contributed by atoms with Crippen molar-refractivity contribution >= 4 is 17.6 Å². The van der Waals surface area contributed by atoms with Crippen LogP contribution in [0.25, 0.3) is 0 Å². The van der Waals surface area contributed by atoms with E-state index < -0.39 is 17.7 Å². The SMILES string of the molecule is CCCCN1C(=CC=C2C(=O)OC3(CCCC3)OC2=O)C(C)(C)c2ccccc21. The van der Waals surface area contributed by atoms with Gasteiger partial charge in [-0.3, -0.25) is 0 Å². The van der Waals surface area contributed by atoms with E-state index >= 15 is 0 Å². The van der Waals surface area contributed by atoms with Gasteiger partial charge in [-0.1, -0.05) is 45.4 Å². The fourth-order valence-electron chi connectivity index (χ4n) is 4.67. The number of para-hydroxylation sites is 1. The first-order valence-corrected chi connectivity index (χ1v) is 10.6. The van der Waals surface area contributed by atoms with Crippen LogP contribution in [0.3, 0.4) is 0 Å². The number of carbonyl (C=O) groups excluding carboxylic acids is 2. The minimum absolute atomic E-state index is 0.0303. The molecule has 0 atom stereocenters. The van der Waals surface area contributed by atoms with Gasteiger partial charge in [0.05, 0.1) is 0 Å². The van der Waals surface area contributed by atoms with Gasteiger partial charge in [0.15, 0.2) is 0 Å². The maximum absolute atomic E-state index is 12.6. The summed E-state index contributed by atoms with van der Waals surface area (Å²) in [5.74, 6) is -2.18. The van der Waals surface area contributed by atoms with Gasteiger partial charge in [-0.25, -0.2) is 9.59 Å². The highest BCUT2D eigenvalue weighted by Gasteiger charge is 2.48. The summed E-state index contributed by atoms with van der Waals surface area (Å²) < 4.78 is 11.1. The third kappa shape index (κ3) is 3.37. The molecule has 0 radical (unpaired) electrons. The Labute approximate surface area is 172 Å². The summed E-state index contributed by atoms with van der Waals surface area (Å²) in [6.07, 6.45) is 8.61. The van der Waals surface area contributed by atoms with E-state index in [0.717, 1.165) is 37.9 Å². The smallest absolute Gasteiger partial charge is 0.348 e. The zero-order valence-corrected chi connectivity index (χ0v) is 17.5. The topological polar surface area (TPSA) is 55.8 Å². The largest absolute Gasteiger partial charge is 0.419 e. The first-order valence-electron chi connectivity index (χ1n) is 10.6. The van der Waals surface area contributed by atoms with E-state index in [1.54, 1.807) is 6.08 Å². The molecule has 1 spiro atoms. The summed E-state index contributed by atoms with van der Waals surface area (Å²) >= 11 is 0. The Kier molecular flexibility index (Phi) is 5.01. The first-order chi connectivity index (χ1) is 13.9. The Morgan fingerprint density at radius 1 is 1.03 bits per heavy atom. The summed E-state index contributed by atoms with van der Waals surface area (Å²) in [4.78, 5) is 27.4. The van der Waals surface area contributed by atoms with Gasteiger partial charge in [0.2, 0.25) is 0 Å². The molecule has 2 fully saturated rings. The normalized spacial score (nSPS) is 23.3. The van der Waals surface area contributed by atoms with Crippen LogP contribution in [0.15, 0.2) is 47.7 Å². The molecule has 29 heavy (non-hydrogen) atoms. The second-order valence-corrected chi connectivity index (χ2v) is 8.68. The van der Waals surface area contributed by atoms with Crippen molar-refractivity contribution in [3.05, 3.63) is 53.3 Å². The fraction of sp³-hybridized carbons (Fsp3) is 0.500. The van der Waals surface area contributed by atoms with Crippen molar-refractivity contribution in [2.75, 3.05) is 11.4 Å². The average Bonchev–Trinajstić information content (AvgIpc) is 3.20. The number of unbranched alkanes of at least 4 members (excludes halogenated alkanes) is 1. The Morgan fingerprint density at radius 2 is 1.69 bits per heavy atom. The Morgan fingerprint density at radius 3 is 2.34 bits per heavy atom. The number of fused-ring (bicyclic) bond motifs is 1. The molecule has 0 amide bonds. The standard InChI is InChI=1S/C24H29NO4/c1-4-5-16-25-19-11-7-6-10-18(19)23(2,3)20(25)13-12-17-21(26)28-24(29-22(17)27)14-8-9-15-24/h6-7,10-13H,4-5,8-9,14-16H2,1-3H3. The molecule has 1 saturated carbocycles. The van der Waals surface area contributed by atoms with Crippen molar-refractivity contribution < 1.29 is 19.1 Å². The molecule has 0 unspecified atom stereocenters. The van der Waals surface area contributed by atoms with E-state index in [4.69, 9.17) is 9.47 Å². The van der Waals surface area contributed by atoms with Crippen LogP contribution in [0.2, 0.25) is 0 Å². The molecule has 1 aromatic carbocycles. The lowest BCUT2D eigenvalue weighted by atomic mass is 9.83. The van der Waals surface area contributed by atoms with E-state index in [1.807, 2.05) is 12.1 Å². The van der Waals surface area contributed by atoms with Gasteiger partial charge in [-0.05, 0) is 43.0 Å². The molecule has 3 aliphatic rings. The predicted molar refractivity (Wildman–Crippen MR) is 111 cm³/mol. The molecule has 1 aliphatic carbocycles. The summed E-state index contributed by atoms with van der Waals surface area (Å²) in [5.41, 5.74) is 3.25. The van der Waals surface area contributed by atoms with Gasteiger partial charge >= 0.3 is 11.9 Å². The van der Waals surface area contributed by atoms with E-state index in [1.165, 1.54) is 11.3 Å². The molecule has 5 nitrogen and oxygen atoms in total. The van der Waals surface area contributed by atoms with Crippen LogP contribution in [-0.4, -0.2) is 24.3 Å². The molecule has 0 aromatic heterocycles. The molecule has 4 rings (SSSR count). The maximum atomic E-state index is 12.6. The number of carbonyl (C=O) groups is 2. The molecule has 5 heteroatoms. The zero-order chi connectivity index (χ0) is 20.6. The van der Waals surface area contributed by atoms with E-state index in [-0.39, 0.29) is 11.0 Å². The van der Waals surface area contributed by atoms with Crippen molar-refractivity contribution in [3.8, 4) is 0 Å². The molecule has 1 saturated heterocycles. The van der Waals surface area contributed by atoms with Crippen molar-refractivity contribution in [2.24, 2.45) is 0 Å². The van der Waals surface area contributed by atoms with Gasteiger partial charge < -0.3 is 14.4 Å². The molecular weight excluding hydrogens is 366 g/mol. The highest BCUT2D eigenvalue weighted by molar-refractivity contribution is 6.15. The highest BCUT2D eigenvalue weighted by Crippen LogP contribution is 2.47. The van der Waals surface area contributed by atoms with Crippen LogP contribution in [-0.2, 0) is 24.5 Å². The van der Waals surface area contributed by atoms with Crippen molar-refractivity contribution in [1.82, 2.24) is 0 Å². The lowest BCUT2D eigenvalue weighted by molar-refractivity contribution is -0.232. The number of hydrogen-bond donors (Lipinski definition) is 0. The van der Waals surface area contributed by atoms with Gasteiger partial charge in [0.1, 0.15) is 5.57 Å². The Bertz CT molecular complexity index is 868. The number of ether oxygens (including phenoxy) is 2. The molecule has 2 aliphatic heterocycles. The Balaban J connectivity index is 1.67. The van der Waals surface area contributed by atoms with Crippen molar-refractivity contribution in [1.29, 1.82) is 0 Å². The summed E-state index contributed by atoms with van der Waals surface area (Å²) in [6, 6.07) is 8.38. The number of esters is 2. The number of anilines is 1. The van der Waals surface area contributed by atoms with Crippen molar-refractivity contribution in [3.63, 3.8) is 0 Å². The van der Waals surface area contributed by atoms with Crippen LogP contribution in [0.4, 0.5) is 5.69 Å². The minimum atomic E-state index is -1.03. The second kappa shape index (κ2) is 7.36. The van der Waals surface area contributed by atoms with Crippen molar-refractivity contribution in [2.45, 2.75) is 70.5 Å². The third-order valence-corrected chi connectivity index (χ3v) is 6.31. The molecule has 2 heterocycles. The van der Waals surface area contributed by atoms with Gasteiger partial charge in [0.25, 0.3) is 5.79 Å². The quantitative estimate of drug-likeness (QED) is 0.418. The lowest BCUT2D eigenvalue weighted by Gasteiger charge is -2.33. The predicted octanol–water partition coefficient (Wildman–Crippen LogP) is 4.76. The molecule has 1 aromatic rings. The van der Waals surface area contributed by atoms with Crippen LogP contribution >= 0.6 is 0 Å². The summed E-state index contributed by atoms with van der Waals surface area (Å²) in [6.45, 7) is 7.41. The minimum Gasteiger partial charge on any atom is -0.419 e. The van der Waals surface area contributed by atoms with Gasteiger partial charge in [0, 0.05) is 36.2 Å². The number of hydrogen-bond acceptors (Lipinski definition) is 5. The molecular formula is C24H29NO4. The van der Waals surface area contributed by atoms with Crippen LogP contribution in [0, 0.1) is 0 Å². The monoisotopic (exact) mass is 395 g/mol. The number of rotatable bonds is 4. The third-order valence-electron chi connectivity index (χ3n) is 6.31. The number of nitrogens with zero attached hydrogens (tertiary/aromatic N) is 1. The van der Waals surface area contributed by atoms with Crippen LogP contribution in [0.1, 0.15) is 64.9 Å². The summed E-state index contributed by atoms with van der Waals surface area (Å²) in [7, 11) is 0. The van der Waals surface area contributed by atoms with E-state index in [0.29, 0.717) is 12.8 Å². The number of allylic oxidation sites excluding steroid dienone is 3. The number of benzene rings is 1. The Hall–Kier alpha value is -2.56. The van der Waals surface area contributed by atoms with E-state index in [2.05, 4.69) is 43.9 Å². The zero-order valence-electron chi connectivity index (χ0n) is 17.5. The van der Waals surface area contributed by atoms with Gasteiger partial charge in [-0.2, -0.15) is 0 Å². The van der Waals surface area contributed by atoms with Crippen LogP contribution in [0.5, 0.6) is 0 Å². The average molecular weight is 395 g/mol. The molecule has 0 N–H and O–H groups in total. The fourth-order valence-corrected chi connectivity index (χ4v) is 4.67. The highest BCUT2D eigenvalue weighted by atomic mass is 16.7. The van der Waals surface area contributed by atoms with Crippen LogP contribution < -0.4 is 4.90 Å². The summed E-state index contributed by atoms with van der Waals surface area (Å²) in [5, 5.41) is 0. The molecule has 154 valence electrons. The van der Waals surface area contributed by atoms with Gasteiger partial charge in [-0.15, -0.1) is 0 Å². The molecule has 0 bridgehead atoms. The second-order valence-electron chi connectivity index (χ2n) is 8.68. The maximum Gasteiger partial charge on any atom is 0.348 e. The van der Waals surface area contributed by atoms with E-state index in [9.17, 15) is 9.59 Å². The first kappa shape index (κ1) is 19.7. The lowest BCUT2D eigenvalue weighted by Crippen LogP contribution is -2.44.